The van der Waals surface area contributed by atoms with Crippen LogP contribution in [0.3, 0.4) is 0 Å². The number of nitrogens with zero attached hydrogens (tertiary/aromatic N) is 2. The number of morpholine rings is 1. The molecule has 1 atom stereocenters. The van der Waals surface area contributed by atoms with Crippen LogP contribution in [0, 0.1) is 0 Å². The van der Waals surface area contributed by atoms with Crippen molar-refractivity contribution in [3.05, 3.63) is 24.3 Å². The summed E-state index contributed by atoms with van der Waals surface area (Å²) in [5.74, 6) is 0.753. The minimum atomic E-state index is -0.229. The van der Waals surface area contributed by atoms with E-state index in [-0.39, 0.29) is 18.0 Å². The Morgan fingerprint density at radius 1 is 1.27 bits per heavy atom. The average Bonchev–Trinajstić information content (AvgIpc) is 3.02. The predicted octanol–water partition coefficient (Wildman–Crippen LogP) is 0.432. The van der Waals surface area contributed by atoms with Gasteiger partial charge in [-0.15, -0.1) is 0 Å². The molecule has 2 N–H and O–H groups in total. The Bertz CT molecular complexity index is 616. The van der Waals surface area contributed by atoms with Crippen molar-refractivity contribution < 1.29 is 19.1 Å². The Morgan fingerprint density at radius 3 is 2.69 bits per heavy atom. The molecular formula is C18H26N4O4. The molecule has 0 bridgehead atoms. The predicted molar refractivity (Wildman–Crippen MR) is 97.5 cm³/mol. The Balaban J connectivity index is 1.42. The van der Waals surface area contributed by atoms with E-state index >= 15 is 0 Å². The van der Waals surface area contributed by atoms with Gasteiger partial charge in [0, 0.05) is 44.8 Å². The van der Waals surface area contributed by atoms with E-state index in [1.807, 2.05) is 24.3 Å². The van der Waals surface area contributed by atoms with E-state index < -0.39 is 0 Å². The van der Waals surface area contributed by atoms with Crippen LogP contribution in [0.2, 0.25) is 0 Å². The molecule has 1 unspecified atom stereocenters. The van der Waals surface area contributed by atoms with Crippen LogP contribution >= 0.6 is 0 Å². The molecule has 3 amide bonds. The average molecular weight is 362 g/mol. The van der Waals surface area contributed by atoms with Gasteiger partial charge in [0.25, 0.3) is 0 Å². The molecule has 142 valence electrons. The number of carbonyl (C=O) groups excluding carboxylic acids is 2. The Labute approximate surface area is 153 Å². The minimum absolute atomic E-state index is 0.00813. The molecule has 0 aromatic heterocycles. The highest BCUT2D eigenvalue weighted by Gasteiger charge is 2.31. The zero-order valence-electron chi connectivity index (χ0n) is 15.1. The number of hydrogen-bond donors (Lipinski definition) is 2. The smallest absolute Gasteiger partial charge is 0.315 e. The van der Waals surface area contributed by atoms with Crippen molar-refractivity contribution in [2.45, 2.75) is 12.5 Å². The lowest BCUT2D eigenvalue weighted by molar-refractivity contribution is -0.117. The lowest BCUT2D eigenvalue weighted by Gasteiger charge is -2.26. The minimum Gasteiger partial charge on any atom is -0.497 e. The molecule has 8 heteroatoms. The van der Waals surface area contributed by atoms with Gasteiger partial charge in [-0.25, -0.2) is 4.79 Å². The summed E-state index contributed by atoms with van der Waals surface area (Å²) >= 11 is 0. The van der Waals surface area contributed by atoms with Gasteiger partial charge in [-0.2, -0.15) is 0 Å². The third-order valence-corrected chi connectivity index (χ3v) is 4.66. The number of amides is 3. The summed E-state index contributed by atoms with van der Waals surface area (Å²) in [7, 11) is 1.60. The highest BCUT2D eigenvalue weighted by Crippen LogP contribution is 2.24. The first-order valence-electron chi connectivity index (χ1n) is 8.94. The van der Waals surface area contributed by atoms with E-state index in [0.717, 1.165) is 44.3 Å². The highest BCUT2D eigenvalue weighted by molar-refractivity contribution is 5.96. The monoisotopic (exact) mass is 362 g/mol. The van der Waals surface area contributed by atoms with Gasteiger partial charge in [-0.05, 0) is 24.3 Å². The van der Waals surface area contributed by atoms with E-state index in [0.29, 0.717) is 19.5 Å². The van der Waals surface area contributed by atoms with Gasteiger partial charge in [-0.3, -0.25) is 9.69 Å². The summed E-state index contributed by atoms with van der Waals surface area (Å²) in [5.41, 5.74) is 0.813. The van der Waals surface area contributed by atoms with Crippen LogP contribution in [-0.2, 0) is 9.53 Å². The molecule has 0 saturated carbocycles. The number of nitrogens with one attached hydrogen (secondary N) is 2. The second kappa shape index (κ2) is 8.86. The number of hydrogen-bond acceptors (Lipinski definition) is 5. The quantitative estimate of drug-likeness (QED) is 0.767. The van der Waals surface area contributed by atoms with Crippen molar-refractivity contribution in [2.75, 3.05) is 57.9 Å². The van der Waals surface area contributed by atoms with E-state index in [2.05, 4.69) is 15.5 Å². The molecule has 3 rings (SSSR count). The van der Waals surface area contributed by atoms with Crippen LogP contribution in [0.15, 0.2) is 24.3 Å². The highest BCUT2D eigenvalue weighted by atomic mass is 16.5. The van der Waals surface area contributed by atoms with Crippen molar-refractivity contribution in [2.24, 2.45) is 0 Å². The maximum Gasteiger partial charge on any atom is 0.315 e. The third kappa shape index (κ3) is 4.86. The molecule has 2 aliphatic heterocycles. The topological polar surface area (TPSA) is 83.1 Å². The number of benzene rings is 1. The molecular weight excluding hydrogens is 336 g/mol. The van der Waals surface area contributed by atoms with Gasteiger partial charge in [0.15, 0.2) is 0 Å². The number of rotatable bonds is 6. The van der Waals surface area contributed by atoms with Gasteiger partial charge in [0.2, 0.25) is 5.91 Å². The number of urea groups is 1. The summed E-state index contributed by atoms with van der Waals surface area (Å²) in [5, 5.41) is 5.75. The standard InChI is InChI=1S/C18H26N4O4/c1-25-16-4-2-15(3-5-16)22-13-14(12-17(22)23)20-18(24)19-6-7-21-8-10-26-11-9-21/h2-5,14H,6-13H2,1H3,(H2,19,20,24). The van der Waals surface area contributed by atoms with E-state index in [4.69, 9.17) is 9.47 Å². The fraction of sp³-hybridized carbons (Fsp3) is 0.556. The molecule has 2 heterocycles. The first-order valence-corrected chi connectivity index (χ1v) is 8.94. The maximum absolute atomic E-state index is 12.2. The van der Waals surface area contributed by atoms with E-state index in [9.17, 15) is 9.59 Å². The lowest BCUT2D eigenvalue weighted by atomic mass is 10.2. The van der Waals surface area contributed by atoms with Crippen molar-refractivity contribution in [3.8, 4) is 5.75 Å². The molecule has 1 aromatic carbocycles. The van der Waals surface area contributed by atoms with Crippen LogP contribution in [0.5, 0.6) is 5.75 Å². The van der Waals surface area contributed by atoms with Gasteiger partial charge < -0.3 is 25.0 Å². The molecule has 8 nitrogen and oxygen atoms in total. The summed E-state index contributed by atoms with van der Waals surface area (Å²) < 4.78 is 10.4. The molecule has 0 spiro atoms. The lowest BCUT2D eigenvalue weighted by Crippen LogP contribution is -2.46. The molecule has 2 aliphatic rings. The fourth-order valence-corrected chi connectivity index (χ4v) is 3.20. The first-order chi connectivity index (χ1) is 12.7. The largest absolute Gasteiger partial charge is 0.497 e. The van der Waals surface area contributed by atoms with Crippen molar-refractivity contribution in [1.82, 2.24) is 15.5 Å². The van der Waals surface area contributed by atoms with Gasteiger partial charge >= 0.3 is 6.03 Å². The molecule has 26 heavy (non-hydrogen) atoms. The molecule has 2 saturated heterocycles. The molecule has 0 radical (unpaired) electrons. The first kappa shape index (κ1) is 18.5. The van der Waals surface area contributed by atoms with Crippen LogP contribution < -0.4 is 20.3 Å². The van der Waals surface area contributed by atoms with Crippen molar-refractivity contribution >= 4 is 17.6 Å². The maximum atomic E-state index is 12.2. The summed E-state index contributed by atoms with van der Waals surface area (Å²) in [6.45, 7) is 5.15. The van der Waals surface area contributed by atoms with Crippen molar-refractivity contribution in [1.29, 1.82) is 0 Å². The number of anilines is 1. The van der Waals surface area contributed by atoms with Crippen LogP contribution in [0.4, 0.5) is 10.5 Å². The molecule has 0 aliphatic carbocycles. The Kier molecular flexibility index (Phi) is 6.30. The van der Waals surface area contributed by atoms with E-state index in [1.165, 1.54) is 0 Å². The SMILES string of the molecule is COc1ccc(N2CC(NC(=O)NCCN3CCOCC3)CC2=O)cc1. The molecule has 2 fully saturated rings. The van der Waals surface area contributed by atoms with Gasteiger partial charge in [-0.1, -0.05) is 0 Å². The van der Waals surface area contributed by atoms with Gasteiger partial charge in [0.1, 0.15) is 5.75 Å². The van der Waals surface area contributed by atoms with Crippen LogP contribution in [0.25, 0.3) is 0 Å². The third-order valence-electron chi connectivity index (χ3n) is 4.66. The Morgan fingerprint density at radius 2 is 2.00 bits per heavy atom. The van der Waals surface area contributed by atoms with Crippen molar-refractivity contribution in [3.63, 3.8) is 0 Å². The summed E-state index contributed by atoms with van der Waals surface area (Å²) in [6.07, 6.45) is 0.308. The molecule has 1 aromatic rings. The summed E-state index contributed by atoms with van der Waals surface area (Å²) in [6, 6.07) is 6.92. The second-order valence-corrected chi connectivity index (χ2v) is 6.46. The number of ether oxygens (including phenoxy) is 2. The number of methoxy groups -OCH3 is 1. The van der Waals surface area contributed by atoms with Crippen LogP contribution in [0.1, 0.15) is 6.42 Å². The van der Waals surface area contributed by atoms with Crippen LogP contribution in [-0.4, -0.2) is 75.9 Å². The normalized spacial score (nSPS) is 20.9. The zero-order chi connectivity index (χ0) is 18.4. The summed E-state index contributed by atoms with van der Waals surface area (Å²) in [4.78, 5) is 28.3. The zero-order valence-corrected chi connectivity index (χ0v) is 15.1. The van der Waals surface area contributed by atoms with Gasteiger partial charge in [0.05, 0.1) is 26.4 Å². The second-order valence-electron chi connectivity index (χ2n) is 6.46. The van der Waals surface area contributed by atoms with E-state index in [1.54, 1.807) is 12.0 Å². The number of carbonyl (C=O) groups is 2. The fourth-order valence-electron chi connectivity index (χ4n) is 3.20. The Hall–Kier alpha value is -2.32.